The van der Waals surface area contributed by atoms with Crippen molar-refractivity contribution in [2.45, 2.75) is 12.1 Å². The molecular weight excluding hydrogens is 282 g/mol. The Balaban J connectivity index is 1.75. The second kappa shape index (κ2) is 6.09. The summed E-state index contributed by atoms with van der Waals surface area (Å²) in [6.07, 6.45) is -0.0891. The van der Waals surface area contributed by atoms with Crippen LogP contribution in [0.25, 0.3) is 0 Å². The van der Waals surface area contributed by atoms with Crippen LogP contribution in [0.15, 0.2) is 96.0 Å². The molecule has 0 fully saturated rings. The topological polar surface area (TPSA) is 21.6 Å². The van der Waals surface area contributed by atoms with E-state index in [0.29, 0.717) is 5.90 Å². The Morgan fingerprint density at radius 1 is 0.609 bits per heavy atom. The summed E-state index contributed by atoms with van der Waals surface area (Å²) in [5, 5.41) is 0. The molecule has 3 aromatic carbocycles. The van der Waals surface area contributed by atoms with Gasteiger partial charge < -0.3 is 4.74 Å². The second-order valence-electron chi connectivity index (χ2n) is 5.60. The summed E-state index contributed by atoms with van der Waals surface area (Å²) in [5.41, 5.74) is 3.34. The lowest BCUT2D eigenvalue weighted by atomic mass is 9.97. The average Bonchev–Trinajstić information content (AvgIpc) is 3.09. The highest BCUT2D eigenvalue weighted by Gasteiger charge is 2.33. The number of benzene rings is 3. The first kappa shape index (κ1) is 13.8. The Morgan fingerprint density at radius 3 is 1.74 bits per heavy atom. The Hall–Kier alpha value is -2.87. The summed E-state index contributed by atoms with van der Waals surface area (Å²) < 4.78 is 6.25. The zero-order valence-corrected chi connectivity index (χ0v) is 12.7. The van der Waals surface area contributed by atoms with Crippen molar-refractivity contribution in [3.05, 3.63) is 108 Å². The van der Waals surface area contributed by atoms with Crippen LogP contribution in [0.5, 0.6) is 0 Å². The number of rotatable bonds is 3. The minimum atomic E-state index is -0.0891. The molecule has 1 heterocycles. The van der Waals surface area contributed by atoms with Crippen LogP contribution in [-0.4, -0.2) is 5.90 Å². The van der Waals surface area contributed by atoms with Crippen LogP contribution in [0.2, 0.25) is 0 Å². The SMILES string of the molecule is c1ccc(C2=N[C@@H](c3ccccc3)[C@H](c3ccccc3)O2)cc1. The van der Waals surface area contributed by atoms with Gasteiger partial charge in [0.15, 0.2) is 6.10 Å². The summed E-state index contributed by atoms with van der Waals surface area (Å²) in [4.78, 5) is 4.88. The van der Waals surface area contributed by atoms with Gasteiger partial charge in [0.05, 0.1) is 0 Å². The fraction of sp³-hybridized carbons (Fsp3) is 0.0952. The molecule has 0 saturated heterocycles. The lowest BCUT2D eigenvalue weighted by molar-refractivity contribution is 0.197. The number of aliphatic imine (C=N–C) groups is 1. The Labute approximate surface area is 136 Å². The van der Waals surface area contributed by atoms with E-state index in [1.54, 1.807) is 0 Å². The van der Waals surface area contributed by atoms with Gasteiger partial charge in [0.25, 0.3) is 0 Å². The lowest BCUT2D eigenvalue weighted by Crippen LogP contribution is -2.09. The van der Waals surface area contributed by atoms with Gasteiger partial charge in [0.2, 0.25) is 5.90 Å². The summed E-state index contributed by atoms with van der Waals surface area (Å²) in [6, 6.07) is 30.7. The molecule has 1 aliphatic heterocycles. The highest BCUT2D eigenvalue weighted by molar-refractivity contribution is 5.95. The molecule has 0 unspecified atom stereocenters. The second-order valence-corrected chi connectivity index (χ2v) is 5.60. The zero-order chi connectivity index (χ0) is 15.5. The van der Waals surface area contributed by atoms with Crippen molar-refractivity contribution in [2.24, 2.45) is 4.99 Å². The molecule has 23 heavy (non-hydrogen) atoms. The van der Waals surface area contributed by atoms with Gasteiger partial charge in [-0.1, -0.05) is 78.9 Å². The third-order valence-electron chi connectivity index (χ3n) is 4.07. The third kappa shape index (κ3) is 2.76. The van der Waals surface area contributed by atoms with Crippen molar-refractivity contribution in [1.82, 2.24) is 0 Å². The predicted molar refractivity (Wildman–Crippen MR) is 92.4 cm³/mol. The van der Waals surface area contributed by atoms with E-state index >= 15 is 0 Å². The van der Waals surface area contributed by atoms with E-state index in [1.165, 1.54) is 5.56 Å². The molecule has 1 aliphatic rings. The van der Waals surface area contributed by atoms with Gasteiger partial charge in [0, 0.05) is 5.56 Å². The van der Waals surface area contributed by atoms with Crippen LogP contribution < -0.4 is 0 Å². The molecule has 2 atom stereocenters. The van der Waals surface area contributed by atoms with Crippen LogP contribution in [0.3, 0.4) is 0 Å². The van der Waals surface area contributed by atoms with E-state index in [2.05, 4.69) is 24.3 Å². The van der Waals surface area contributed by atoms with Gasteiger partial charge in [-0.05, 0) is 23.3 Å². The average molecular weight is 299 g/mol. The highest BCUT2D eigenvalue weighted by atomic mass is 16.5. The maximum Gasteiger partial charge on any atom is 0.217 e. The highest BCUT2D eigenvalue weighted by Crippen LogP contribution is 2.40. The Bertz CT molecular complexity index is 797. The molecule has 0 amide bonds. The zero-order valence-electron chi connectivity index (χ0n) is 12.7. The molecular formula is C21H17NO. The number of nitrogens with zero attached hydrogens (tertiary/aromatic N) is 1. The lowest BCUT2D eigenvalue weighted by Gasteiger charge is -2.18. The van der Waals surface area contributed by atoms with E-state index < -0.39 is 0 Å². The van der Waals surface area contributed by atoms with E-state index in [-0.39, 0.29) is 12.1 Å². The van der Waals surface area contributed by atoms with Crippen molar-refractivity contribution < 1.29 is 4.74 Å². The van der Waals surface area contributed by atoms with Gasteiger partial charge in [-0.15, -0.1) is 0 Å². The first-order valence-corrected chi connectivity index (χ1v) is 7.81. The molecule has 0 bridgehead atoms. The summed E-state index contributed by atoms with van der Waals surface area (Å²) in [5.74, 6) is 0.716. The fourth-order valence-corrected chi connectivity index (χ4v) is 2.93. The standard InChI is InChI=1S/C21H17NO/c1-4-10-16(11-5-1)19-20(17-12-6-2-7-13-17)23-21(22-19)18-14-8-3-9-15-18/h1-15,19-20H/t19-,20-/m0/s1. The van der Waals surface area contributed by atoms with E-state index in [1.807, 2.05) is 66.7 Å². The Kier molecular flexibility index (Phi) is 3.65. The quantitative estimate of drug-likeness (QED) is 0.671. The molecule has 0 saturated carbocycles. The third-order valence-corrected chi connectivity index (χ3v) is 4.07. The molecule has 3 aromatic rings. The maximum atomic E-state index is 6.25. The van der Waals surface area contributed by atoms with Crippen LogP contribution in [0, 0.1) is 0 Å². The largest absolute Gasteiger partial charge is 0.467 e. The molecule has 0 radical (unpaired) electrons. The normalized spacial score (nSPS) is 19.9. The predicted octanol–water partition coefficient (Wildman–Crippen LogP) is 4.95. The van der Waals surface area contributed by atoms with Crippen molar-refractivity contribution in [3.63, 3.8) is 0 Å². The van der Waals surface area contributed by atoms with Crippen molar-refractivity contribution in [2.75, 3.05) is 0 Å². The van der Waals surface area contributed by atoms with Crippen LogP contribution in [-0.2, 0) is 4.74 Å². The summed E-state index contributed by atoms with van der Waals surface area (Å²) in [6.45, 7) is 0. The molecule has 0 aromatic heterocycles. The molecule has 0 aliphatic carbocycles. The van der Waals surface area contributed by atoms with Crippen molar-refractivity contribution in [3.8, 4) is 0 Å². The summed E-state index contributed by atoms with van der Waals surface area (Å²) in [7, 11) is 0. The van der Waals surface area contributed by atoms with Gasteiger partial charge in [-0.2, -0.15) is 0 Å². The molecule has 0 spiro atoms. The number of hydrogen-bond donors (Lipinski definition) is 0. The Morgan fingerprint density at radius 2 is 1.13 bits per heavy atom. The fourth-order valence-electron chi connectivity index (χ4n) is 2.93. The molecule has 4 rings (SSSR count). The maximum absolute atomic E-state index is 6.25. The summed E-state index contributed by atoms with van der Waals surface area (Å²) >= 11 is 0. The van der Waals surface area contributed by atoms with Gasteiger partial charge in [-0.3, -0.25) is 0 Å². The minimum Gasteiger partial charge on any atom is -0.467 e. The van der Waals surface area contributed by atoms with E-state index in [9.17, 15) is 0 Å². The first-order valence-electron chi connectivity index (χ1n) is 7.81. The molecule has 2 nitrogen and oxygen atoms in total. The monoisotopic (exact) mass is 299 g/mol. The van der Waals surface area contributed by atoms with Crippen LogP contribution in [0.4, 0.5) is 0 Å². The van der Waals surface area contributed by atoms with Gasteiger partial charge >= 0.3 is 0 Å². The first-order chi connectivity index (χ1) is 11.4. The number of ether oxygens (including phenoxy) is 1. The van der Waals surface area contributed by atoms with Crippen molar-refractivity contribution >= 4 is 5.90 Å². The van der Waals surface area contributed by atoms with Gasteiger partial charge in [0.1, 0.15) is 6.04 Å². The smallest absolute Gasteiger partial charge is 0.217 e. The molecule has 112 valence electrons. The number of hydrogen-bond acceptors (Lipinski definition) is 2. The van der Waals surface area contributed by atoms with Crippen molar-refractivity contribution in [1.29, 1.82) is 0 Å². The van der Waals surface area contributed by atoms with E-state index in [4.69, 9.17) is 9.73 Å². The molecule has 2 heteroatoms. The minimum absolute atomic E-state index is 0.0196. The van der Waals surface area contributed by atoms with Crippen LogP contribution >= 0.6 is 0 Å². The van der Waals surface area contributed by atoms with E-state index in [0.717, 1.165) is 11.1 Å². The van der Waals surface area contributed by atoms with Gasteiger partial charge in [-0.25, -0.2) is 4.99 Å². The molecule has 0 N–H and O–H groups in total. The van der Waals surface area contributed by atoms with Crippen LogP contribution in [0.1, 0.15) is 28.8 Å².